The van der Waals surface area contributed by atoms with Gasteiger partial charge in [-0.1, -0.05) is 0 Å². The van der Waals surface area contributed by atoms with Crippen molar-refractivity contribution in [3.63, 3.8) is 0 Å². The Bertz CT molecular complexity index is 699. The summed E-state index contributed by atoms with van der Waals surface area (Å²) in [6.45, 7) is 2.11. The van der Waals surface area contributed by atoms with Crippen LogP contribution >= 0.6 is 11.6 Å². The molecule has 0 aliphatic rings. The van der Waals surface area contributed by atoms with E-state index in [-0.39, 0.29) is 0 Å². The van der Waals surface area contributed by atoms with Crippen molar-refractivity contribution in [1.29, 1.82) is 0 Å². The number of hydrogen-bond acceptors (Lipinski definition) is 1. The molecule has 0 aliphatic carbocycles. The standard InChI is InChI=1S/C17H14ClNSe/c1-12-2-4-13(5-3-12)10-17-19-16(11-20-17)14-6-8-15(18)9-7-14/h2-9,11H,10H2,1H3. The molecule has 1 nitrogen and oxygen atoms in total. The predicted molar refractivity (Wildman–Crippen MR) is 85.6 cm³/mol. The van der Waals surface area contributed by atoms with Crippen LogP contribution < -0.4 is 0 Å². The van der Waals surface area contributed by atoms with Crippen LogP contribution in [0.25, 0.3) is 11.3 Å². The number of benzene rings is 2. The summed E-state index contributed by atoms with van der Waals surface area (Å²) in [5.74, 6) is 0. The van der Waals surface area contributed by atoms with Crippen LogP contribution in [0.3, 0.4) is 0 Å². The molecule has 3 aromatic rings. The normalized spacial score (nSPS) is 10.7. The molecule has 20 heavy (non-hydrogen) atoms. The average Bonchev–Trinajstić information content (AvgIpc) is 2.91. The first-order chi connectivity index (χ1) is 9.70. The van der Waals surface area contributed by atoms with Gasteiger partial charge in [0.1, 0.15) is 0 Å². The minimum atomic E-state index is 0.361. The molecule has 3 rings (SSSR count). The van der Waals surface area contributed by atoms with Crippen LogP contribution in [-0.4, -0.2) is 19.5 Å². The van der Waals surface area contributed by atoms with Crippen molar-refractivity contribution in [3.05, 3.63) is 74.2 Å². The summed E-state index contributed by atoms with van der Waals surface area (Å²) < 4.78 is 1.28. The van der Waals surface area contributed by atoms with Gasteiger partial charge in [-0.05, 0) is 0 Å². The summed E-state index contributed by atoms with van der Waals surface area (Å²) in [5.41, 5.74) is 4.87. The predicted octanol–water partition coefficient (Wildman–Crippen LogP) is 4.36. The molecule has 0 saturated carbocycles. The molecule has 0 atom stereocenters. The van der Waals surface area contributed by atoms with Gasteiger partial charge in [-0.15, -0.1) is 0 Å². The monoisotopic (exact) mass is 347 g/mol. The summed E-state index contributed by atoms with van der Waals surface area (Å²) in [5, 5.41) is 0.765. The Kier molecular flexibility index (Phi) is 4.07. The summed E-state index contributed by atoms with van der Waals surface area (Å²) in [6, 6.07) is 16.6. The molecule has 1 heterocycles. The first-order valence-electron chi connectivity index (χ1n) is 6.46. The number of aryl methyl sites for hydroxylation is 1. The molecule has 0 unspecified atom stereocenters. The van der Waals surface area contributed by atoms with Gasteiger partial charge in [0.15, 0.2) is 0 Å². The maximum absolute atomic E-state index is 5.92. The van der Waals surface area contributed by atoms with Crippen molar-refractivity contribution in [3.8, 4) is 11.3 Å². The fraction of sp³-hybridized carbons (Fsp3) is 0.118. The third-order valence-electron chi connectivity index (χ3n) is 3.17. The zero-order chi connectivity index (χ0) is 13.9. The number of hydrogen-bond donors (Lipinski definition) is 0. The van der Waals surface area contributed by atoms with Gasteiger partial charge in [0.05, 0.1) is 0 Å². The number of halogens is 1. The molecule has 0 N–H and O–H groups in total. The second kappa shape index (κ2) is 5.97. The Morgan fingerprint density at radius 3 is 2.40 bits per heavy atom. The van der Waals surface area contributed by atoms with Gasteiger partial charge in [-0.3, -0.25) is 0 Å². The Morgan fingerprint density at radius 2 is 1.70 bits per heavy atom. The SMILES string of the molecule is Cc1ccc(Cc2nc(-c3ccc(Cl)cc3)c[se]2)cc1. The second-order valence-corrected chi connectivity index (χ2v) is 7.21. The third kappa shape index (κ3) is 3.21. The Balaban J connectivity index is 1.80. The second-order valence-electron chi connectivity index (χ2n) is 4.80. The first kappa shape index (κ1) is 13.6. The van der Waals surface area contributed by atoms with Crippen molar-refractivity contribution in [2.45, 2.75) is 13.3 Å². The molecule has 100 valence electrons. The third-order valence-corrected chi connectivity index (χ3v) is 5.20. The van der Waals surface area contributed by atoms with E-state index in [9.17, 15) is 0 Å². The fourth-order valence-corrected chi connectivity index (χ4v) is 3.91. The summed E-state index contributed by atoms with van der Waals surface area (Å²) >= 11 is 6.28. The zero-order valence-corrected chi connectivity index (χ0v) is 13.6. The number of rotatable bonds is 3. The van der Waals surface area contributed by atoms with E-state index in [2.05, 4.69) is 36.1 Å². The van der Waals surface area contributed by atoms with E-state index in [0.29, 0.717) is 14.5 Å². The Labute approximate surface area is 130 Å². The van der Waals surface area contributed by atoms with E-state index < -0.39 is 0 Å². The quantitative estimate of drug-likeness (QED) is 0.642. The van der Waals surface area contributed by atoms with E-state index in [1.165, 1.54) is 15.7 Å². The summed E-state index contributed by atoms with van der Waals surface area (Å²) in [7, 11) is 0. The molecule has 3 heteroatoms. The van der Waals surface area contributed by atoms with Gasteiger partial charge in [0.2, 0.25) is 0 Å². The van der Waals surface area contributed by atoms with Gasteiger partial charge >= 0.3 is 130 Å². The molecule has 0 aliphatic heterocycles. The van der Waals surface area contributed by atoms with E-state index in [1.807, 2.05) is 24.3 Å². The van der Waals surface area contributed by atoms with E-state index in [1.54, 1.807) is 0 Å². The van der Waals surface area contributed by atoms with Crippen LogP contribution in [0.15, 0.2) is 53.5 Å². The molecule has 0 bridgehead atoms. The van der Waals surface area contributed by atoms with Gasteiger partial charge in [-0.2, -0.15) is 0 Å². The van der Waals surface area contributed by atoms with Crippen LogP contribution in [-0.2, 0) is 6.42 Å². The molecule has 1 aromatic heterocycles. The Morgan fingerprint density at radius 1 is 1.00 bits per heavy atom. The van der Waals surface area contributed by atoms with Crippen LogP contribution in [0.4, 0.5) is 0 Å². The van der Waals surface area contributed by atoms with Crippen LogP contribution in [0, 0.1) is 6.92 Å². The molecule has 0 radical (unpaired) electrons. The van der Waals surface area contributed by atoms with Gasteiger partial charge in [0.25, 0.3) is 0 Å². The molecular formula is C17H14ClNSe. The van der Waals surface area contributed by atoms with Crippen LogP contribution in [0.1, 0.15) is 15.7 Å². The summed E-state index contributed by atoms with van der Waals surface area (Å²) in [4.78, 5) is 7.02. The summed E-state index contributed by atoms with van der Waals surface area (Å²) in [6.07, 6.45) is 0.952. The first-order valence-corrected chi connectivity index (χ1v) is 8.69. The molecule has 0 saturated heterocycles. The minimum absolute atomic E-state index is 0.361. The van der Waals surface area contributed by atoms with E-state index >= 15 is 0 Å². The fourth-order valence-electron chi connectivity index (χ4n) is 2.03. The van der Waals surface area contributed by atoms with E-state index in [4.69, 9.17) is 16.6 Å². The topological polar surface area (TPSA) is 12.9 Å². The van der Waals surface area contributed by atoms with Crippen molar-refractivity contribution < 1.29 is 0 Å². The number of aromatic nitrogens is 1. The van der Waals surface area contributed by atoms with Gasteiger partial charge in [-0.25, -0.2) is 0 Å². The van der Waals surface area contributed by atoms with Gasteiger partial charge < -0.3 is 0 Å². The van der Waals surface area contributed by atoms with Crippen molar-refractivity contribution >= 4 is 26.1 Å². The zero-order valence-electron chi connectivity index (χ0n) is 11.1. The number of nitrogens with zero attached hydrogens (tertiary/aromatic N) is 1. The molecule has 0 fully saturated rings. The van der Waals surface area contributed by atoms with Crippen molar-refractivity contribution in [2.24, 2.45) is 0 Å². The van der Waals surface area contributed by atoms with Crippen LogP contribution in [0.5, 0.6) is 0 Å². The van der Waals surface area contributed by atoms with E-state index in [0.717, 1.165) is 22.7 Å². The molecule has 0 amide bonds. The molecule has 0 spiro atoms. The van der Waals surface area contributed by atoms with Crippen molar-refractivity contribution in [2.75, 3.05) is 0 Å². The van der Waals surface area contributed by atoms with Crippen molar-refractivity contribution in [1.82, 2.24) is 4.98 Å². The Hall–Kier alpha value is -1.34. The van der Waals surface area contributed by atoms with Crippen LogP contribution in [0.2, 0.25) is 5.02 Å². The molecular weight excluding hydrogens is 333 g/mol. The van der Waals surface area contributed by atoms with Gasteiger partial charge in [0, 0.05) is 0 Å². The average molecular weight is 347 g/mol. The molecule has 2 aromatic carbocycles. The maximum atomic E-state index is 5.92.